The Morgan fingerprint density at radius 2 is 1.91 bits per heavy atom. The van der Waals surface area contributed by atoms with Crippen molar-refractivity contribution in [1.82, 2.24) is 0 Å². The van der Waals surface area contributed by atoms with Crippen molar-refractivity contribution >= 4 is 12.6 Å². The van der Waals surface area contributed by atoms with Gasteiger partial charge in [0.05, 0.1) is 0 Å². The summed E-state index contributed by atoms with van der Waals surface area (Å²) in [5, 5.41) is 0. The van der Waals surface area contributed by atoms with E-state index in [1.165, 1.54) is 0 Å². The Labute approximate surface area is 68.0 Å². The van der Waals surface area contributed by atoms with E-state index in [1.807, 2.05) is 20.8 Å². The maximum atomic E-state index is 10.5. The topological polar surface area (TPSA) is 34.1 Å². The molecule has 2 nitrogen and oxygen atoms in total. The lowest BCUT2D eigenvalue weighted by atomic mass is 9.79. The molecular formula is C9H16O2. The quantitative estimate of drug-likeness (QED) is 0.569. The molecule has 2 heteroatoms. The molecule has 0 aromatic heterocycles. The average Bonchev–Trinajstić information content (AvgIpc) is 2.00. The Hall–Kier alpha value is -0.660. The van der Waals surface area contributed by atoms with E-state index >= 15 is 0 Å². The molecule has 0 fully saturated rings. The third-order valence-electron chi connectivity index (χ3n) is 2.29. The largest absolute Gasteiger partial charge is 0.303 e. The number of hydrogen-bond donors (Lipinski definition) is 0. The molecule has 0 saturated carbocycles. The second-order valence-corrected chi connectivity index (χ2v) is 3.58. The molecule has 0 aliphatic heterocycles. The molecule has 0 saturated heterocycles. The average molecular weight is 156 g/mol. The molecule has 0 spiro atoms. The molecule has 0 aromatic carbocycles. The van der Waals surface area contributed by atoms with Gasteiger partial charge in [0, 0.05) is 11.8 Å². The van der Waals surface area contributed by atoms with Crippen molar-refractivity contribution in [2.45, 2.75) is 33.6 Å². The number of carbonyl (C=O) groups excluding carboxylic acids is 2. The lowest BCUT2D eigenvalue weighted by Gasteiger charge is -2.24. The first-order chi connectivity index (χ1) is 5.04. The summed E-state index contributed by atoms with van der Waals surface area (Å²) in [6, 6.07) is 0. The van der Waals surface area contributed by atoms with Crippen LogP contribution >= 0.6 is 0 Å². The van der Waals surface area contributed by atoms with E-state index in [-0.39, 0.29) is 11.3 Å². The molecule has 0 aliphatic rings. The molecule has 1 unspecified atom stereocenters. The van der Waals surface area contributed by atoms with Gasteiger partial charge in [-0.2, -0.15) is 0 Å². The highest BCUT2D eigenvalue weighted by atomic mass is 16.1. The molecule has 0 aromatic rings. The first-order valence-electron chi connectivity index (χ1n) is 3.94. The van der Waals surface area contributed by atoms with Crippen LogP contribution in [0.15, 0.2) is 0 Å². The van der Waals surface area contributed by atoms with Crippen LogP contribution in [-0.2, 0) is 9.59 Å². The van der Waals surface area contributed by atoms with Crippen molar-refractivity contribution < 1.29 is 9.59 Å². The lowest BCUT2D eigenvalue weighted by molar-refractivity contribution is -0.117. The van der Waals surface area contributed by atoms with Gasteiger partial charge < -0.3 is 9.59 Å². The number of carbonyl (C=O) groups is 2. The summed E-state index contributed by atoms with van der Waals surface area (Å²) in [5.41, 5.74) is -0.289. The summed E-state index contributed by atoms with van der Waals surface area (Å²) >= 11 is 0. The van der Waals surface area contributed by atoms with Gasteiger partial charge in [0.2, 0.25) is 0 Å². The zero-order chi connectivity index (χ0) is 8.91. The summed E-state index contributed by atoms with van der Waals surface area (Å²) in [7, 11) is 0. The zero-order valence-corrected chi connectivity index (χ0v) is 7.46. The van der Waals surface area contributed by atoms with E-state index in [1.54, 1.807) is 0 Å². The maximum absolute atomic E-state index is 10.5. The fraction of sp³-hybridized carbons (Fsp3) is 0.778. The maximum Gasteiger partial charge on any atom is 0.125 e. The number of aldehydes is 2. The minimum atomic E-state index is -0.289. The summed E-state index contributed by atoms with van der Waals surface area (Å²) in [4.78, 5) is 20.6. The van der Waals surface area contributed by atoms with Crippen molar-refractivity contribution in [3.05, 3.63) is 0 Å². The van der Waals surface area contributed by atoms with Crippen molar-refractivity contribution in [3.63, 3.8) is 0 Å². The molecule has 64 valence electrons. The fourth-order valence-corrected chi connectivity index (χ4v) is 0.806. The third-order valence-corrected chi connectivity index (χ3v) is 2.29. The van der Waals surface area contributed by atoms with Crippen LogP contribution in [0.1, 0.15) is 33.6 Å². The number of hydrogen-bond acceptors (Lipinski definition) is 2. The summed E-state index contributed by atoms with van der Waals surface area (Å²) < 4.78 is 0. The van der Waals surface area contributed by atoms with Gasteiger partial charge >= 0.3 is 0 Å². The van der Waals surface area contributed by atoms with Crippen LogP contribution in [0.5, 0.6) is 0 Å². The molecule has 11 heavy (non-hydrogen) atoms. The lowest BCUT2D eigenvalue weighted by Crippen LogP contribution is -2.23. The molecule has 0 heterocycles. The summed E-state index contributed by atoms with van der Waals surface area (Å²) in [6.45, 7) is 5.79. The van der Waals surface area contributed by atoms with E-state index in [9.17, 15) is 9.59 Å². The van der Waals surface area contributed by atoms with Gasteiger partial charge in [0.15, 0.2) is 0 Å². The highest BCUT2D eigenvalue weighted by molar-refractivity contribution is 5.58. The van der Waals surface area contributed by atoms with Crippen molar-refractivity contribution in [2.75, 3.05) is 0 Å². The summed E-state index contributed by atoms with van der Waals surface area (Å²) in [6.07, 6.45) is 3.22. The van der Waals surface area contributed by atoms with E-state index in [0.717, 1.165) is 19.0 Å². The minimum absolute atomic E-state index is 0.283. The molecule has 0 radical (unpaired) electrons. The molecule has 1 atom stereocenters. The van der Waals surface area contributed by atoms with Crippen LogP contribution in [0.3, 0.4) is 0 Å². The smallest absolute Gasteiger partial charge is 0.125 e. The van der Waals surface area contributed by atoms with Crippen LogP contribution in [0.2, 0.25) is 0 Å². The molecule has 0 amide bonds. The van der Waals surface area contributed by atoms with Gasteiger partial charge in [0.1, 0.15) is 12.6 Å². The minimum Gasteiger partial charge on any atom is -0.303 e. The van der Waals surface area contributed by atoms with Crippen LogP contribution in [0, 0.1) is 11.3 Å². The highest BCUT2D eigenvalue weighted by Crippen LogP contribution is 2.26. The molecule has 0 rings (SSSR count). The van der Waals surface area contributed by atoms with E-state index < -0.39 is 0 Å². The predicted molar refractivity (Wildman–Crippen MR) is 44.3 cm³/mol. The van der Waals surface area contributed by atoms with Gasteiger partial charge in [-0.05, 0) is 12.3 Å². The predicted octanol–water partition coefficient (Wildman–Crippen LogP) is 1.83. The van der Waals surface area contributed by atoms with Gasteiger partial charge in [0.25, 0.3) is 0 Å². The van der Waals surface area contributed by atoms with Gasteiger partial charge in [-0.3, -0.25) is 0 Å². The first-order valence-corrected chi connectivity index (χ1v) is 3.94. The van der Waals surface area contributed by atoms with Crippen molar-refractivity contribution in [2.24, 2.45) is 11.3 Å². The van der Waals surface area contributed by atoms with E-state index in [4.69, 9.17) is 0 Å². The SMILES string of the molecule is CC(CCC=O)C(C)(C)C=O. The third kappa shape index (κ3) is 3.30. The highest BCUT2D eigenvalue weighted by Gasteiger charge is 2.24. The van der Waals surface area contributed by atoms with Crippen LogP contribution in [0.25, 0.3) is 0 Å². The standard InChI is InChI=1S/C9H16O2/c1-8(5-4-6-10)9(2,3)7-11/h6-8H,4-5H2,1-3H3. The Balaban J connectivity index is 3.89. The normalized spacial score (nSPS) is 14.1. The van der Waals surface area contributed by atoms with Crippen molar-refractivity contribution in [1.29, 1.82) is 0 Å². The zero-order valence-electron chi connectivity index (χ0n) is 7.46. The Bertz CT molecular complexity index is 138. The monoisotopic (exact) mass is 156 g/mol. The van der Waals surface area contributed by atoms with Gasteiger partial charge in [-0.1, -0.05) is 20.8 Å². The van der Waals surface area contributed by atoms with Gasteiger partial charge in [-0.25, -0.2) is 0 Å². The molecule has 0 N–H and O–H groups in total. The Kier molecular flexibility index (Phi) is 4.01. The van der Waals surface area contributed by atoms with E-state index in [0.29, 0.717) is 6.42 Å². The fourth-order valence-electron chi connectivity index (χ4n) is 0.806. The number of rotatable bonds is 5. The first kappa shape index (κ1) is 10.3. The molecule has 0 aliphatic carbocycles. The van der Waals surface area contributed by atoms with Crippen LogP contribution < -0.4 is 0 Å². The molecule has 0 bridgehead atoms. The van der Waals surface area contributed by atoms with Crippen molar-refractivity contribution in [3.8, 4) is 0 Å². The van der Waals surface area contributed by atoms with Gasteiger partial charge in [-0.15, -0.1) is 0 Å². The second kappa shape index (κ2) is 4.27. The second-order valence-electron chi connectivity index (χ2n) is 3.58. The summed E-state index contributed by atoms with van der Waals surface area (Å²) in [5.74, 6) is 0.283. The van der Waals surface area contributed by atoms with Crippen LogP contribution in [-0.4, -0.2) is 12.6 Å². The molecular weight excluding hydrogens is 140 g/mol. The Morgan fingerprint density at radius 3 is 2.27 bits per heavy atom. The van der Waals surface area contributed by atoms with Crippen LogP contribution in [0.4, 0.5) is 0 Å². The Morgan fingerprint density at radius 1 is 1.36 bits per heavy atom. The van der Waals surface area contributed by atoms with E-state index in [2.05, 4.69) is 0 Å².